The topological polar surface area (TPSA) is 82.3 Å². The minimum absolute atomic E-state index is 0.123. The molecule has 0 spiro atoms. The monoisotopic (exact) mass is 435 g/mol. The molecule has 0 fully saturated rings. The van der Waals surface area contributed by atoms with Crippen LogP contribution in [0.3, 0.4) is 0 Å². The summed E-state index contributed by atoms with van der Waals surface area (Å²) in [6.07, 6.45) is 0. The van der Waals surface area contributed by atoms with Crippen molar-refractivity contribution in [3.63, 3.8) is 0 Å². The van der Waals surface area contributed by atoms with E-state index < -0.39 is 29.0 Å². The minimum Gasteiger partial charge on any atom is -0.463 e. The number of aromatic nitrogens is 2. The molecule has 0 saturated heterocycles. The Kier molecular flexibility index (Phi) is 5.52. The molecule has 3 aromatic rings. The molecule has 0 radical (unpaired) electrons. The lowest BCUT2D eigenvalue weighted by Crippen LogP contribution is -2.43. The zero-order valence-electron chi connectivity index (χ0n) is 17.9. The van der Waals surface area contributed by atoms with E-state index in [1.54, 1.807) is 25.1 Å². The zero-order valence-corrected chi connectivity index (χ0v) is 17.9. The van der Waals surface area contributed by atoms with E-state index in [4.69, 9.17) is 4.74 Å². The van der Waals surface area contributed by atoms with E-state index >= 15 is 0 Å². The van der Waals surface area contributed by atoms with Gasteiger partial charge in [-0.1, -0.05) is 42.5 Å². The molecule has 2 aromatic carbocycles. The summed E-state index contributed by atoms with van der Waals surface area (Å²) in [6.45, 7) is 1.81. The zero-order chi connectivity index (χ0) is 23.0. The van der Waals surface area contributed by atoms with E-state index in [2.05, 4.69) is 5.32 Å². The van der Waals surface area contributed by atoms with Gasteiger partial charge in [0.05, 0.1) is 29.4 Å². The second-order valence-corrected chi connectivity index (χ2v) is 7.46. The van der Waals surface area contributed by atoms with Gasteiger partial charge in [-0.25, -0.2) is 14.0 Å². The van der Waals surface area contributed by atoms with Crippen LogP contribution in [0.1, 0.15) is 29.5 Å². The van der Waals surface area contributed by atoms with E-state index in [-0.39, 0.29) is 23.6 Å². The van der Waals surface area contributed by atoms with Crippen LogP contribution in [0.4, 0.5) is 10.2 Å². The molecule has 0 bridgehead atoms. The van der Waals surface area contributed by atoms with Crippen molar-refractivity contribution >= 4 is 17.5 Å². The Morgan fingerprint density at radius 3 is 2.44 bits per heavy atom. The number of fused-ring (bicyclic) bond motifs is 1. The summed E-state index contributed by atoms with van der Waals surface area (Å²) < 4.78 is 21.9. The van der Waals surface area contributed by atoms with Crippen LogP contribution < -0.4 is 16.6 Å². The molecule has 0 amide bonds. The molecule has 0 unspecified atom stereocenters. The summed E-state index contributed by atoms with van der Waals surface area (Å²) in [6, 6.07) is 14.8. The summed E-state index contributed by atoms with van der Waals surface area (Å²) in [5.74, 6) is -1.83. The maximum absolute atomic E-state index is 14.2. The molecule has 1 atom stereocenters. The molecule has 2 heterocycles. The first-order chi connectivity index (χ1) is 15.3. The predicted molar refractivity (Wildman–Crippen MR) is 119 cm³/mol. The van der Waals surface area contributed by atoms with Crippen LogP contribution in [0.25, 0.3) is 5.70 Å². The van der Waals surface area contributed by atoms with Crippen molar-refractivity contribution < 1.29 is 13.9 Å². The second-order valence-electron chi connectivity index (χ2n) is 7.46. The molecule has 7 nitrogen and oxygen atoms in total. The highest BCUT2D eigenvalue weighted by atomic mass is 19.1. The SMILES string of the molecule is CCOC(=O)C1=C(c2ccccc2)Nc2c(c(=O)n(C)c(=O)n2C)[C@@H]1c1cccc(F)c1. The lowest BCUT2D eigenvalue weighted by atomic mass is 9.81. The van der Waals surface area contributed by atoms with Crippen molar-refractivity contribution in [3.8, 4) is 0 Å². The van der Waals surface area contributed by atoms with Crippen molar-refractivity contribution in [3.05, 3.63) is 104 Å². The van der Waals surface area contributed by atoms with Crippen LogP contribution in [0.5, 0.6) is 0 Å². The van der Waals surface area contributed by atoms with Gasteiger partial charge >= 0.3 is 11.7 Å². The fraction of sp³-hybridized carbons (Fsp3) is 0.208. The van der Waals surface area contributed by atoms with E-state index in [1.807, 2.05) is 18.2 Å². The number of carbonyl (C=O) groups is 1. The maximum atomic E-state index is 14.2. The molecule has 1 N–H and O–H groups in total. The summed E-state index contributed by atoms with van der Waals surface area (Å²) in [4.78, 5) is 39.1. The van der Waals surface area contributed by atoms with Gasteiger partial charge in [-0.15, -0.1) is 0 Å². The highest BCUT2D eigenvalue weighted by molar-refractivity contribution is 6.04. The molecule has 1 aromatic heterocycles. The number of nitrogens with one attached hydrogen (secondary N) is 1. The third kappa shape index (κ3) is 3.43. The molecular formula is C24H22FN3O4. The number of anilines is 1. The largest absolute Gasteiger partial charge is 0.463 e. The molecule has 32 heavy (non-hydrogen) atoms. The maximum Gasteiger partial charge on any atom is 0.337 e. The van der Waals surface area contributed by atoms with Gasteiger partial charge in [0.15, 0.2) is 0 Å². The standard InChI is InChI=1S/C24H22FN3O4/c1-4-32-23(30)18-17(15-11-8-12-16(25)13-15)19-21(27(2)24(31)28(3)22(19)29)26-20(18)14-9-6-5-7-10-14/h5-13,17,26H,4H2,1-3H3/t17-/m1/s1. The van der Waals surface area contributed by atoms with Crippen LogP contribution in [-0.4, -0.2) is 21.7 Å². The molecule has 1 aliphatic heterocycles. The van der Waals surface area contributed by atoms with E-state index in [0.29, 0.717) is 16.8 Å². The Balaban J connectivity index is 2.14. The number of halogens is 1. The van der Waals surface area contributed by atoms with Crippen molar-refractivity contribution in [2.45, 2.75) is 12.8 Å². The number of rotatable bonds is 4. The van der Waals surface area contributed by atoms with Crippen molar-refractivity contribution in [1.82, 2.24) is 9.13 Å². The molecule has 0 aliphatic carbocycles. The number of ether oxygens (including phenoxy) is 1. The Morgan fingerprint density at radius 2 is 1.78 bits per heavy atom. The number of hydrogen-bond acceptors (Lipinski definition) is 5. The number of benzene rings is 2. The van der Waals surface area contributed by atoms with Gasteiger partial charge in [-0.2, -0.15) is 0 Å². The number of nitrogens with zero attached hydrogens (tertiary/aromatic N) is 2. The number of hydrogen-bond donors (Lipinski definition) is 1. The van der Waals surface area contributed by atoms with Crippen molar-refractivity contribution in [2.75, 3.05) is 11.9 Å². The van der Waals surface area contributed by atoms with E-state index in [0.717, 1.165) is 4.57 Å². The Hall–Kier alpha value is -3.94. The van der Waals surface area contributed by atoms with Crippen LogP contribution in [0.2, 0.25) is 0 Å². The van der Waals surface area contributed by atoms with Crippen molar-refractivity contribution in [1.29, 1.82) is 0 Å². The first-order valence-electron chi connectivity index (χ1n) is 10.1. The van der Waals surface area contributed by atoms with Gasteiger partial charge in [0.1, 0.15) is 11.6 Å². The van der Waals surface area contributed by atoms with E-state index in [9.17, 15) is 18.8 Å². The van der Waals surface area contributed by atoms with Crippen LogP contribution in [0.15, 0.2) is 69.8 Å². The Bertz CT molecular complexity index is 1360. The fourth-order valence-corrected chi connectivity index (χ4v) is 4.04. The lowest BCUT2D eigenvalue weighted by Gasteiger charge is -2.32. The quantitative estimate of drug-likeness (QED) is 0.638. The lowest BCUT2D eigenvalue weighted by molar-refractivity contribution is -0.138. The number of carbonyl (C=O) groups excluding carboxylic acids is 1. The fourth-order valence-electron chi connectivity index (χ4n) is 4.04. The van der Waals surface area contributed by atoms with Gasteiger partial charge < -0.3 is 10.1 Å². The summed E-state index contributed by atoms with van der Waals surface area (Å²) in [5, 5.41) is 3.13. The van der Waals surface area contributed by atoms with Crippen LogP contribution in [0, 0.1) is 5.82 Å². The van der Waals surface area contributed by atoms with Gasteiger partial charge in [0, 0.05) is 14.1 Å². The van der Waals surface area contributed by atoms with Gasteiger partial charge in [0.2, 0.25) is 0 Å². The van der Waals surface area contributed by atoms with Gasteiger partial charge in [-0.3, -0.25) is 13.9 Å². The average Bonchev–Trinajstić information content (AvgIpc) is 2.80. The summed E-state index contributed by atoms with van der Waals surface area (Å²) >= 11 is 0. The molecule has 4 rings (SSSR count). The second kappa shape index (κ2) is 8.30. The first-order valence-corrected chi connectivity index (χ1v) is 10.1. The molecular weight excluding hydrogens is 413 g/mol. The van der Waals surface area contributed by atoms with Gasteiger partial charge in [-0.05, 0) is 30.2 Å². The normalized spacial score (nSPS) is 15.2. The molecule has 8 heteroatoms. The first kappa shape index (κ1) is 21.3. The molecule has 1 aliphatic rings. The smallest absolute Gasteiger partial charge is 0.337 e. The third-order valence-corrected chi connectivity index (χ3v) is 5.53. The van der Waals surface area contributed by atoms with Gasteiger partial charge in [0.25, 0.3) is 5.56 Å². The Morgan fingerprint density at radius 1 is 1.06 bits per heavy atom. The van der Waals surface area contributed by atoms with E-state index in [1.165, 1.54) is 36.9 Å². The van der Waals surface area contributed by atoms with Crippen molar-refractivity contribution in [2.24, 2.45) is 14.1 Å². The number of esters is 1. The summed E-state index contributed by atoms with van der Waals surface area (Å²) in [7, 11) is 2.91. The predicted octanol–water partition coefficient (Wildman–Crippen LogP) is 2.75. The highest BCUT2D eigenvalue weighted by Gasteiger charge is 2.39. The van der Waals surface area contributed by atoms with Crippen LogP contribution >= 0.6 is 0 Å². The highest BCUT2D eigenvalue weighted by Crippen LogP contribution is 2.42. The Labute approximate surface area is 183 Å². The molecule has 164 valence electrons. The van der Waals surface area contributed by atoms with Crippen LogP contribution in [-0.2, 0) is 23.6 Å². The average molecular weight is 435 g/mol. The third-order valence-electron chi connectivity index (χ3n) is 5.53. The molecule has 0 saturated carbocycles. The summed E-state index contributed by atoms with van der Waals surface area (Å²) in [5.41, 5.74) is 0.713. The minimum atomic E-state index is -0.943.